The summed E-state index contributed by atoms with van der Waals surface area (Å²) >= 11 is 0. The second-order valence-corrected chi connectivity index (χ2v) is 4.68. The highest BCUT2D eigenvalue weighted by Gasteiger charge is 2.06. The van der Waals surface area contributed by atoms with Crippen molar-refractivity contribution in [3.05, 3.63) is 66.3 Å². The number of nitrogens with zero attached hydrogens (tertiary/aromatic N) is 2. The van der Waals surface area contributed by atoms with Crippen LogP contribution in [0.4, 0.5) is 0 Å². The summed E-state index contributed by atoms with van der Waals surface area (Å²) in [6.45, 7) is 13.6. The number of allylic oxidation sites excluding steroid dienone is 1. The first-order chi connectivity index (χ1) is 9.02. The molecule has 1 N–H and O–H groups in total. The van der Waals surface area contributed by atoms with Gasteiger partial charge in [0.25, 0.3) is 0 Å². The van der Waals surface area contributed by atoms with Crippen LogP contribution in [0.15, 0.2) is 55.0 Å². The zero-order valence-corrected chi connectivity index (χ0v) is 12.1. The van der Waals surface area contributed by atoms with E-state index in [1.54, 1.807) is 0 Å². The molecule has 1 heterocycles. The Bertz CT molecular complexity index is 457. The Morgan fingerprint density at radius 3 is 2.68 bits per heavy atom. The van der Waals surface area contributed by atoms with E-state index in [0.717, 1.165) is 30.1 Å². The fourth-order valence-corrected chi connectivity index (χ4v) is 1.64. The molecule has 0 aliphatic heterocycles. The van der Waals surface area contributed by atoms with E-state index in [1.165, 1.54) is 5.56 Å². The molecule has 1 aromatic rings. The van der Waals surface area contributed by atoms with Gasteiger partial charge in [0.2, 0.25) is 0 Å². The van der Waals surface area contributed by atoms with Crippen molar-refractivity contribution in [1.82, 2.24) is 15.2 Å². The first kappa shape index (κ1) is 15.0. The number of hydrogen-bond acceptors (Lipinski definition) is 3. The van der Waals surface area contributed by atoms with E-state index in [1.807, 2.05) is 45.4 Å². The van der Waals surface area contributed by atoms with Crippen molar-refractivity contribution in [2.24, 2.45) is 0 Å². The van der Waals surface area contributed by atoms with Gasteiger partial charge < -0.3 is 10.2 Å². The lowest BCUT2D eigenvalue weighted by Crippen LogP contribution is -2.23. The third kappa shape index (κ3) is 5.42. The summed E-state index contributed by atoms with van der Waals surface area (Å²) in [5.41, 5.74) is 4.28. The van der Waals surface area contributed by atoms with Crippen LogP contribution in [-0.4, -0.2) is 23.5 Å². The molecule has 0 aliphatic rings. The van der Waals surface area contributed by atoms with Gasteiger partial charge in [0.1, 0.15) is 0 Å². The molecule has 0 atom stereocenters. The lowest BCUT2D eigenvalue weighted by atomic mass is 10.2. The molecule has 0 spiro atoms. The molecule has 0 aliphatic carbocycles. The summed E-state index contributed by atoms with van der Waals surface area (Å²) < 4.78 is 0. The maximum Gasteiger partial charge on any atom is 0.0445 e. The molecule has 3 heteroatoms. The molecular weight excluding hydrogens is 234 g/mol. The van der Waals surface area contributed by atoms with Crippen LogP contribution in [0.3, 0.4) is 0 Å². The molecule has 102 valence electrons. The average molecular weight is 257 g/mol. The van der Waals surface area contributed by atoms with Crippen molar-refractivity contribution in [2.75, 3.05) is 13.6 Å². The zero-order valence-electron chi connectivity index (χ0n) is 12.1. The summed E-state index contributed by atoms with van der Waals surface area (Å²) in [6, 6.07) is 4.13. The highest BCUT2D eigenvalue weighted by atomic mass is 15.1. The first-order valence-corrected chi connectivity index (χ1v) is 6.36. The van der Waals surface area contributed by atoms with E-state index < -0.39 is 0 Å². The van der Waals surface area contributed by atoms with Gasteiger partial charge in [-0.05, 0) is 43.3 Å². The van der Waals surface area contributed by atoms with Crippen LogP contribution in [0.25, 0.3) is 0 Å². The molecule has 1 aromatic heterocycles. The van der Waals surface area contributed by atoms with E-state index in [-0.39, 0.29) is 0 Å². The van der Waals surface area contributed by atoms with Crippen LogP contribution < -0.4 is 5.32 Å². The van der Waals surface area contributed by atoms with Gasteiger partial charge in [-0.1, -0.05) is 19.2 Å². The predicted octanol–water partition coefficient (Wildman–Crippen LogP) is 3.01. The van der Waals surface area contributed by atoms with Crippen molar-refractivity contribution in [3.63, 3.8) is 0 Å². The van der Waals surface area contributed by atoms with Gasteiger partial charge in [-0.25, -0.2) is 0 Å². The molecule has 0 aromatic carbocycles. The monoisotopic (exact) mass is 257 g/mol. The number of nitrogens with one attached hydrogen (secondary N) is 1. The standard InChI is InChI=1S/C16H23N3/c1-13(2)19(11-14(3)8-9-17-5)12-16-7-6-15(4)18-10-16/h6-10,17H,1,3,11-12H2,2,4-5H3/b9-8-. The van der Waals surface area contributed by atoms with Crippen LogP contribution in [0.2, 0.25) is 0 Å². The van der Waals surface area contributed by atoms with Crippen molar-refractivity contribution in [3.8, 4) is 0 Å². The molecule has 0 radical (unpaired) electrons. The summed E-state index contributed by atoms with van der Waals surface area (Å²) in [6.07, 6.45) is 5.77. The van der Waals surface area contributed by atoms with Gasteiger partial charge in [-0.3, -0.25) is 4.98 Å². The van der Waals surface area contributed by atoms with Crippen LogP contribution in [0.1, 0.15) is 18.2 Å². The van der Waals surface area contributed by atoms with Gasteiger partial charge in [0.05, 0.1) is 0 Å². The Morgan fingerprint density at radius 2 is 2.16 bits per heavy atom. The van der Waals surface area contributed by atoms with Crippen LogP contribution in [-0.2, 0) is 6.54 Å². The van der Waals surface area contributed by atoms with Gasteiger partial charge in [-0.15, -0.1) is 0 Å². The van der Waals surface area contributed by atoms with Gasteiger partial charge in [0, 0.05) is 37.7 Å². The maximum atomic E-state index is 4.32. The van der Waals surface area contributed by atoms with Crippen LogP contribution in [0.5, 0.6) is 0 Å². The fourth-order valence-electron chi connectivity index (χ4n) is 1.64. The largest absolute Gasteiger partial charge is 0.394 e. The molecule has 0 fully saturated rings. The fraction of sp³-hybridized carbons (Fsp3) is 0.312. The Hall–Kier alpha value is -2.03. The van der Waals surface area contributed by atoms with Crippen molar-refractivity contribution >= 4 is 0 Å². The summed E-state index contributed by atoms with van der Waals surface area (Å²) in [5.74, 6) is 0. The van der Waals surface area contributed by atoms with E-state index in [4.69, 9.17) is 0 Å². The number of pyridine rings is 1. The third-order valence-electron chi connectivity index (χ3n) is 2.77. The van der Waals surface area contributed by atoms with E-state index >= 15 is 0 Å². The summed E-state index contributed by atoms with van der Waals surface area (Å²) in [4.78, 5) is 6.51. The van der Waals surface area contributed by atoms with E-state index in [0.29, 0.717) is 0 Å². The third-order valence-corrected chi connectivity index (χ3v) is 2.77. The minimum atomic E-state index is 0.765. The molecule has 0 amide bonds. The van der Waals surface area contributed by atoms with Gasteiger partial charge >= 0.3 is 0 Å². The molecule has 19 heavy (non-hydrogen) atoms. The Morgan fingerprint density at radius 1 is 1.42 bits per heavy atom. The number of hydrogen-bond donors (Lipinski definition) is 1. The number of rotatable bonds is 7. The Labute approximate surface area is 116 Å². The Kier molecular flexibility index (Phi) is 5.86. The lowest BCUT2D eigenvalue weighted by Gasteiger charge is -2.25. The number of aryl methyl sites for hydroxylation is 1. The predicted molar refractivity (Wildman–Crippen MR) is 81.5 cm³/mol. The zero-order chi connectivity index (χ0) is 14.3. The second kappa shape index (κ2) is 7.41. The Balaban J connectivity index is 2.68. The molecule has 0 saturated heterocycles. The van der Waals surface area contributed by atoms with Gasteiger partial charge in [-0.2, -0.15) is 0 Å². The molecule has 1 rings (SSSR count). The van der Waals surface area contributed by atoms with Crippen LogP contribution in [0, 0.1) is 6.92 Å². The molecule has 0 saturated carbocycles. The number of aromatic nitrogens is 1. The molecular formula is C16H23N3. The minimum Gasteiger partial charge on any atom is -0.394 e. The van der Waals surface area contributed by atoms with Crippen LogP contribution >= 0.6 is 0 Å². The van der Waals surface area contributed by atoms with Crippen molar-refractivity contribution in [2.45, 2.75) is 20.4 Å². The molecule has 0 bridgehead atoms. The SMILES string of the molecule is C=C(/C=C\NC)CN(Cc1ccc(C)nc1)C(=C)C. The summed E-state index contributed by atoms with van der Waals surface area (Å²) in [5, 5.41) is 2.96. The highest BCUT2D eigenvalue weighted by Crippen LogP contribution is 2.11. The average Bonchev–Trinajstić information content (AvgIpc) is 2.38. The molecule has 3 nitrogen and oxygen atoms in total. The highest BCUT2D eigenvalue weighted by molar-refractivity contribution is 5.19. The van der Waals surface area contributed by atoms with Crippen molar-refractivity contribution in [1.29, 1.82) is 0 Å². The van der Waals surface area contributed by atoms with E-state index in [9.17, 15) is 0 Å². The quantitative estimate of drug-likeness (QED) is 0.761. The second-order valence-electron chi connectivity index (χ2n) is 4.68. The summed E-state index contributed by atoms with van der Waals surface area (Å²) in [7, 11) is 1.87. The van der Waals surface area contributed by atoms with E-state index in [2.05, 4.69) is 34.4 Å². The maximum absolute atomic E-state index is 4.32. The topological polar surface area (TPSA) is 28.2 Å². The van der Waals surface area contributed by atoms with Crippen molar-refractivity contribution < 1.29 is 0 Å². The molecule has 0 unspecified atom stereocenters. The lowest BCUT2D eigenvalue weighted by molar-refractivity contribution is 0.369. The first-order valence-electron chi connectivity index (χ1n) is 6.36. The van der Waals surface area contributed by atoms with Gasteiger partial charge in [0.15, 0.2) is 0 Å². The minimum absolute atomic E-state index is 0.765. The normalized spacial score (nSPS) is 10.5. The smallest absolute Gasteiger partial charge is 0.0445 e.